The van der Waals surface area contributed by atoms with Gasteiger partial charge in [0.25, 0.3) is 0 Å². The van der Waals surface area contributed by atoms with E-state index in [1.807, 2.05) is 0 Å². The lowest BCUT2D eigenvalue weighted by atomic mass is 10.1. The van der Waals surface area contributed by atoms with E-state index in [9.17, 15) is 0 Å². The normalized spacial score (nSPS) is 12.7. The highest BCUT2D eigenvalue weighted by atomic mass is 127. The Hall–Kier alpha value is -0.340. The molecule has 1 rings (SSSR count). The third-order valence-corrected chi connectivity index (χ3v) is 3.43. The van der Waals surface area contributed by atoms with Crippen LogP contribution in [-0.4, -0.2) is 39.8 Å². The number of nitrogens with zero attached hydrogens (tertiary/aromatic N) is 1. The highest BCUT2D eigenvalue weighted by Crippen LogP contribution is 2.16. The van der Waals surface area contributed by atoms with Crippen molar-refractivity contribution in [3.63, 3.8) is 0 Å². The molecule has 110 valence electrons. The van der Waals surface area contributed by atoms with Crippen LogP contribution in [0.25, 0.3) is 0 Å². The summed E-state index contributed by atoms with van der Waals surface area (Å²) >= 11 is 1.74. The number of rotatable bonds is 7. The van der Waals surface area contributed by atoms with Gasteiger partial charge in [0.1, 0.15) is 0 Å². The van der Waals surface area contributed by atoms with Gasteiger partial charge in [0, 0.05) is 33.9 Å². The van der Waals surface area contributed by atoms with E-state index < -0.39 is 0 Å². The Balaban J connectivity index is 0.00000324. The number of aliphatic imine (C=N–C) groups is 1. The lowest BCUT2D eigenvalue weighted by Crippen LogP contribution is -2.39. The van der Waals surface area contributed by atoms with Gasteiger partial charge in [-0.15, -0.1) is 24.0 Å². The molecule has 6 heteroatoms. The van der Waals surface area contributed by atoms with Gasteiger partial charge in [-0.3, -0.25) is 4.99 Å². The van der Waals surface area contributed by atoms with E-state index in [-0.39, 0.29) is 24.0 Å². The van der Waals surface area contributed by atoms with Crippen molar-refractivity contribution in [1.29, 1.82) is 0 Å². The van der Waals surface area contributed by atoms with Gasteiger partial charge in [-0.25, -0.2) is 0 Å². The molecule has 1 aromatic rings. The zero-order valence-electron chi connectivity index (χ0n) is 11.8. The number of methoxy groups -OCH3 is 1. The zero-order valence-corrected chi connectivity index (χ0v) is 15.0. The molecule has 0 fully saturated rings. The molecule has 1 aromatic heterocycles. The molecular weight excluding hydrogens is 373 g/mol. The maximum absolute atomic E-state index is 5.01. The third-order valence-electron chi connectivity index (χ3n) is 2.73. The van der Waals surface area contributed by atoms with Crippen LogP contribution in [-0.2, 0) is 4.74 Å². The van der Waals surface area contributed by atoms with Crippen LogP contribution in [0, 0.1) is 0 Å². The summed E-state index contributed by atoms with van der Waals surface area (Å²) in [4.78, 5) is 4.20. The van der Waals surface area contributed by atoms with E-state index in [1.54, 1.807) is 25.5 Å². The second kappa shape index (κ2) is 11.5. The number of thiophene rings is 1. The summed E-state index contributed by atoms with van der Waals surface area (Å²) in [5.41, 5.74) is 1.38. The predicted octanol–water partition coefficient (Wildman–Crippen LogP) is 2.67. The van der Waals surface area contributed by atoms with Gasteiger partial charge >= 0.3 is 0 Å². The molecule has 0 spiro atoms. The molecule has 0 amide bonds. The van der Waals surface area contributed by atoms with Crippen molar-refractivity contribution in [3.8, 4) is 0 Å². The number of guanidine groups is 1. The van der Waals surface area contributed by atoms with E-state index in [0.717, 1.165) is 32.1 Å². The quantitative estimate of drug-likeness (QED) is 0.322. The summed E-state index contributed by atoms with van der Waals surface area (Å²) in [6.45, 7) is 4.75. The lowest BCUT2D eigenvalue weighted by Gasteiger charge is -2.15. The standard InChI is InChI=1S/C13H23N3OS.HI/c1-11(12-5-8-18-10-12)9-16-13(14-2)15-6-4-7-17-3;/h5,8,10-11H,4,6-7,9H2,1-3H3,(H2,14,15,16);1H. The van der Waals surface area contributed by atoms with Gasteiger partial charge in [-0.2, -0.15) is 11.3 Å². The fourth-order valence-corrected chi connectivity index (χ4v) is 2.35. The predicted molar refractivity (Wildman–Crippen MR) is 94.0 cm³/mol. The Morgan fingerprint density at radius 3 is 2.84 bits per heavy atom. The molecule has 0 radical (unpaired) electrons. The van der Waals surface area contributed by atoms with Crippen molar-refractivity contribution < 1.29 is 4.74 Å². The van der Waals surface area contributed by atoms with Gasteiger partial charge in [-0.05, 0) is 34.7 Å². The first-order valence-corrected chi connectivity index (χ1v) is 7.17. The monoisotopic (exact) mass is 397 g/mol. The van der Waals surface area contributed by atoms with Crippen LogP contribution in [0.5, 0.6) is 0 Å². The largest absolute Gasteiger partial charge is 0.385 e. The Morgan fingerprint density at radius 1 is 1.47 bits per heavy atom. The molecule has 0 aliphatic heterocycles. The molecule has 0 bridgehead atoms. The van der Waals surface area contributed by atoms with Crippen molar-refractivity contribution >= 4 is 41.3 Å². The molecule has 19 heavy (non-hydrogen) atoms. The minimum atomic E-state index is 0. The Morgan fingerprint density at radius 2 is 2.26 bits per heavy atom. The van der Waals surface area contributed by atoms with Gasteiger partial charge in [0.2, 0.25) is 0 Å². The molecule has 0 saturated carbocycles. The smallest absolute Gasteiger partial charge is 0.190 e. The maximum Gasteiger partial charge on any atom is 0.190 e. The SMILES string of the molecule is CN=C(NCCCOC)NCC(C)c1ccsc1.I. The van der Waals surface area contributed by atoms with Gasteiger partial charge in [-0.1, -0.05) is 6.92 Å². The Bertz CT molecular complexity index is 344. The molecule has 2 N–H and O–H groups in total. The molecule has 0 aliphatic rings. The second-order valence-electron chi connectivity index (χ2n) is 4.18. The van der Waals surface area contributed by atoms with E-state index in [0.29, 0.717) is 5.92 Å². The molecule has 1 atom stereocenters. The molecule has 1 unspecified atom stereocenters. The minimum Gasteiger partial charge on any atom is -0.385 e. The number of ether oxygens (including phenoxy) is 1. The fourth-order valence-electron chi connectivity index (χ4n) is 1.57. The van der Waals surface area contributed by atoms with Crippen LogP contribution < -0.4 is 10.6 Å². The summed E-state index contributed by atoms with van der Waals surface area (Å²) in [6.07, 6.45) is 0.983. The van der Waals surface area contributed by atoms with Gasteiger partial charge in [0.05, 0.1) is 0 Å². The summed E-state index contributed by atoms with van der Waals surface area (Å²) in [6, 6.07) is 2.17. The summed E-state index contributed by atoms with van der Waals surface area (Å²) in [5.74, 6) is 1.35. The molecule has 0 aliphatic carbocycles. The Labute approximate surface area is 137 Å². The van der Waals surface area contributed by atoms with Crippen molar-refractivity contribution in [2.45, 2.75) is 19.3 Å². The Kier molecular flexibility index (Phi) is 11.3. The second-order valence-corrected chi connectivity index (χ2v) is 4.96. The number of hydrogen-bond donors (Lipinski definition) is 2. The zero-order chi connectivity index (χ0) is 13.2. The minimum absolute atomic E-state index is 0. The highest BCUT2D eigenvalue weighted by Gasteiger charge is 2.06. The molecule has 0 aromatic carbocycles. The first kappa shape index (κ1) is 18.7. The average molecular weight is 397 g/mol. The summed E-state index contributed by atoms with van der Waals surface area (Å²) in [5, 5.41) is 10.9. The van der Waals surface area contributed by atoms with Crippen LogP contribution >= 0.6 is 35.3 Å². The molecule has 1 heterocycles. The van der Waals surface area contributed by atoms with Gasteiger partial charge in [0.15, 0.2) is 5.96 Å². The van der Waals surface area contributed by atoms with Crippen molar-refractivity contribution in [2.75, 3.05) is 33.9 Å². The molecule has 0 saturated heterocycles. The van der Waals surface area contributed by atoms with Crippen LogP contribution in [0.15, 0.2) is 21.8 Å². The fraction of sp³-hybridized carbons (Fsp3) is 0.615. The first-order valence-electron chi connectivity index (χ1n) is 6.23. The van der Waals surface area contributed by atoms with Crippen molar-refractivity contribution in [2.24, 2.45) is 4.99 Å². The highest BCUT2D eigenvalue weighted by molar-refractivity contribution is 14.0. The van der Waals surface area contributed by atoms with Crippen LogP contribution in [0.2, 0.25) is 0 Å². The first-order chi connectivity index (χ1) is 8.77. The number of nitrogens with one attached hydrogen (secondary N) is 2. The summed E-state index contributed by atoms with van der Waals surface area (Å²) < 4.78 is 5.01. The molecular formula is C13H24IN3OS. The van der Waals surface area contributed by atoms with Crippen LogP contribution in [0.4, 0.5) is 0 Å². The maximum atomic E-state index is 5.01. The van der Waals surface area contributed by atoms with Crippen molar-refractivity contribution in [1.82, 2.24) is 10.6 Å². The molecule has 4 nitrogen and oxygen atoms in total. The average Bonchev–Trinajstić information content (AvgIpc) is 2.91. The van der Waals surface area contributed by atoms with Crippen LogP contribution in [0.1, 0.15) is 24.8 Å². The summed E-state index contributed by atoms with van der Waals surface area (Å²) in [7, 11) is 3.51. The van der Waals surface area contributed by atoms with Gasteiger partial charge < -0.3 is 15.4 Å². The van der Waals surface area contributed by atoms with E-state index in [2.05, 4.69) is 39.4 Å². The number of halogens is 1. The van der Waals surface area contributed by atoms with Crippen molar-refractivity contribution in [3.05, 3.63) is 22.4 Å². The van der Waals surface area contributed by atoms with E-state index in [1.165, 1.54) is 5.56 Å². The van der Waals surface area contributed by atoms with E-state index >= 15 is 0 Å². The van der Waals surface area contributed by atoms with Crippen LogP contribution in [0.3, 0.4) is 0 Å². The topological polar surface area (TPSA) is 45.7 Å². The third kappa shape index (κ3) is 7.74. The lowest BCUT2D eigenvalue weighted by molar-refractivity contribution is 0.195. The van der Waals surface area contributed by atoms with E-state index in [4.69, 9.17) is 4.74 Å². The number of hydrogen-bond acceptors (Lipinski definition) is 3.